The third-order valence-corrected chi connectivity index (χ3v) is 7.80. The Morgan fingerprint density at radius 2 is 1.29 bits per heavy atom. The van der Waals surface area contributed by atoms with Crippen LogP contribution in [0.25, 0.3) is 21.8 Å². The Bertz CT molecular complexity index is 1630. The minimum Gasteiger partial charge on any atom is -0.361 e. The van der Waals surface area contributed by atoms with Gasteiger partial charge in [-0.05, 0) is 40.5 Å². The summed E-state index contributed by atoms with van der Waals surface area (Å²) < 4.78 is 0. The quantitative estimate of drug-likeness (QED) is 0.267. The highest BCUT2D eigenvalue weighted by Gasteiger charge is 2.46. The first-order chi connectivity index (χ1) is 16.8. The molecule has 164 valence electrons. The lowest BCUT2D eigenvalue weighted by atomic mass is 9.75. The highest BCUT2D eigenvalue weighted by Crippen LogP contribution is 2.59. The molecule has 0 fully saturated rings. The maximum atomic E-state index is 6.80. The van der Waals surface area contributed by atoms with Crippen molar-refractivity contribution in [2.45, 2.75) is 17.8 Å². The number of fused-ring (bicyclic) bond motifs is 4. The van der Waals surface area contributed by atoms with E-state index in [1.165, 1.54) is 38.9 Å². The summed E-state index contributed by atoms with van der Waals surface area (Å²) in [5.74, 6) is 0.612. The molecule has 2 heterocycles. The normalized spacial score (nSPS) is 19.6. The fourth-order valence-electron chi connectivity index (χ4n) is 6.17. The SMILES string of the molecule is Clc1cccc2[nH]cc([C@H]3c4[nH]c5ccccc5c4[C@@H](c4ccccc4)[C@@H]3c3ccccc3)c12. The molecule has 0 bridgehead atoms. The van der Waals surface area contributed by atoms with Gasteiger partial charge in [0.2, 0.25) is 0 Å². The van der Waals surface area contributed by atoms with Gasteiger partial charge in [-0.1, -0.05) is 96.5 Å². The van der Waals surface area contributed by atoms with Gasteiger partial charge < -0.3 is 9.97 Å². The van der Waals surface area contributed by atoms with Gasteiger partial charge in [-0.25, -0.2) is 0 Å². The van der Waals surface area contributed by atoms with Crippen molar-refractivity contribution in [2.24, 2.45) is 0 Å². The molecule has 2 nitrogen and oxygen atoms in total. The number of hydrogen-bond acceptors (Lipinski definition) is 0. The van der Waals surface area contributed by atoms with Gasteiger partial charge in [0.05, 0.1) is 5.02 Å². The second kappa shape index (κ2) is 7.65. The van der Waals surface area contributed by atoms with E-state index in [0.29, 0.717) is 0 Å². The number of para-hydroxylation sites is 1. The number of rotatable bonds is 3. The molecule has 2 aromatic heterocycles. The van der Waals surface area contributed by atoms with Gasteiger partial charge in [0.15, 0.2) is 0 Å². The predicted molar refractivity (Wildman–Crippen MR) is 141 cm³/mol. The molecule has 34 heavy (non-hydrogen) atoms. The Morgan fingerprint density at radius 1 is 0.618 bits per heavy atom. The fourth-order valence-corrected chi connectivity index (χ4v) is 6.45. The molecule has 0 amide bonds. The first-order valence-electron chi connectivity index (χ1n) is 11.8. The van der Waals surface area contributed by atoms with Gasteiger partial charge in [-0.3, -0.25) is 0 Å². The van der Waals surface area contributed by atoms with Gasteiger partial charge in [0, 0.05) is 51.5 Å². The monoisotopic (exact) mass is 458 g/mol. The summed E-state index contributed by atoms with van der Waals surface area (Å²) in [5, 5.41) is 3.22. The van der Waals surface area contributed by atoms with Gasteiger partial charge in [0.25, 0.3) is 0 Å². The molecule has 0 saturated carbocycles. The number of benzene rings is 4. The summed E-state index contributed by atoms with van der Waals surface area (Å²) in [6.07, 6.45) is 2.17. The Balaban J connectivity index is 1.58. The maximum absolute atomic E-state index is 6.80. The van der Waals surface area contributed by atoms with Crippen LogP contribution in [-0.2, 0) is 0 Å². The molecular formula is C31H23ClN2. The Labute approximate surface area is 203 Å². The van der Waals surface area contributed by atoms with Crippen molar-refractivity contribution < 1.29 is 0 Å². The van der Waals surface area contributed by atoms with Crippen LogP contribution < -0.4 is 0 Å². The Hall–Kier alpha value is -3.75. The van der Waals surface area contributed by atoms with Crippen molar-refractivity contribution in [3.8, 4) is 0 Å². The van der Waals surface area contributed by atoms with E-state index in [2.05, 4.69) is 107 Å². The first-order valence-corrected chi connectivity index (χ1v) is 12.1. The lowest BCUT2D eigenvalue weighted by molar-refractivity contribution is 0.594. The summed E-state index contributed by atoms with van der Waals surface area (Å²) >= 11 is 6.80. The number of nitrogens with one attached hydrogen (secondary N) is 2. The first kappa shape index (κ1) is 19.7. The van der Waals surface area contributed by atoms with Gasteiger partial charge in [-0.2, -0.15) is 0 Å². The molecule has 0 unspecified atom stereocenters. The fraction of sp³-hybridized carbons (Fsp3) is 0.0968. The molecule has 3 heteroatoms. The zero-order valence-corrected chi connectivity index (χ0v) is 19.3. The molecule has 6 aromatic rings. The maximum Gasteiger partial charge on any atom is 0.0502 e. The van der Waals surface area contributed by atoms with E-state index in [0.717, 1.165) is 15.9 Å². The number of halogens is 1. The van der Waals surface area contributed by atoms with E-state index in [-0.39, 0.29) is 17.8 Å². The average molecular weight is 459 g/mol. The van der Waals surface area contributed by atoms with Gasteiger partial charge >= 0.3 is 0 Å². The van der Waals surface area contributed by atoms with Crippen LogP contribution in [-0.4, -0.2) is 9.97 Å². The smallest absolute Gasteiger partial charge is 0.0502 e. The lowest BCUT2D eigenvalue weighted by Gasteiger charge is -2.27. The summed E-state index contributed by atoms with van der Waals surface area (Å²) in [5.41, 5.74) is 8.91. The number of aromatic amines is 2. The van der Waals surface area contributed by atoms with Crippen LogP contribution in [0.15, 0.2) is 109 Å². The molecule has 7 rings (SSSR count). The van der Waals surface area contributed by atoms with E-state index in [1.807, 2.05) is 12.1 Å². The number of H-pyrrole nitrogens is 2. The van der Waals surface area contributed by atoms with Crippen molar-refractivity contribution in [1.82, 2.24) is 9.97 Å². The average Bonchev–Trinajstić information content (AvgIpc) is 3.56. The number of hydrogen-bond donors (Lipinski definition) is 2. The largest absolute Gasteiger partial charge is 0.361 e. The van der Waals surface area contributed by atoms with Crippen molar-refractivity contribution in [3.05, 3.63) is 142 Å². The van der Waals surface area contributed by atoms with Crippen molar-refractivity contribution in [1.29, 1.82) is 0 Å². The highest BCUT2D eigenvalue weighted by molar-refractivity contribution is 6.35. The molecule has 1 aliphatic rings. The van der Waals surface area contributed by atoms with Crippen molar-refractivity contribution >= 4 is 33.4 Å². The van der Waals surface area contributed by atoms with Crippen LogP contribution >= 0.6 is 11.6 Å². The van der Waals surface area contributed by atoms with E-state index >= 15 is 0 Å². The van der Waals surface area contributed by atoms with Crippen LogP contribution in [0, 0.1) is 0 Å². The molecule has 0 spiro atoms. The van der Waals surface area contributed by atoms with Crippen LogP contribution in [0.4, 0.5) is 0 Å². The second-order valence-corrected chi connectivity index (χ2v) is 9.61. The van der Waals surface area contributed by atoms with Gasteiger partial charge in [0.1, 0.15) is 0 Å². The second-order valence-electron chi connectivity index (χ2n) is 9.21. The molecule has 1 aliphatic carbocycles. The minimum atomic E-state index is 0.142. The van der Waals surface area contributed by atoms with Crippen molar-refractivity contribution in [2.75, 3.05) is 0 Å². The summed E-state index contributed by atoms with van der Waals surface area (Å²) in [6, 6.07) is 36.7. The minimum absolute atomic E-state index is 0.142. The molecular weight excluding hydrogens is 436 g/mol. The van der Waals surface area contributed by atoms with Crippen LogP contribution in [0.1, 0.15) is 45.7 Å². The van der Waals surface area contributed by atoms with E-state index in [9.17, 15) is 0 Å². The molecule has 0 saturated heterocycles. The molecule has 3 atom stereocenters. The standard InChI is InChI=1S/C31H23ClN2/c32-23-15-9-17-25-28(23)22(18-33-25)30-27(20-12-5-2-6-13-20)26(19-10-3-1-4-11-19)29-21-14-7-8-16-24(21)34-31(29)30/h1-18,26-27,30,33-34H/t26-,27-,30+/m0/s1. The van der Waals surface area contributed by atoms with E-state index in [1.54, 1.807) is 0 Å². The zero-order chi connectivity index (χ0) is 22.6. The third-order valence-electron chi connectivity index (χ3n) is 7.48. The molecule has 2 N–H and O–H groups in total. The molecule has 0 radical (unpaired) electrons. The van der Waals surface area contributed by atoms with Crippen LogP contribution in [0.2, 0.25) is 5.02 Å². The molecule has 4 aromatic carbocycles. The summed E-state index contributed by atoms with van der Waals surface area (Å²) in [7, 11) is 0. The van der Waals surface area contributed by atoms with Crippen LogP contribution in [0.5, 0.6) is 0 Å². The summed E-state index contributed by atoms with van der Waals surface area (Å²) in [6.45, 7) is 0. The Morgan fingerprint density at radius 3 is 2.09 bits per heavy atom. The van der Waals surface area contributed by atoms with Crippen molar-refractivity contribution in [3.63, 3.8) is 0 Å². The topological polar surface area (TPSA) is 31.6 Å². The van der Waals surface area contributed by atoms with Gasteiger partial charge in [-0.15, -0.1) is 0 Å². The molecule has 0 aliphatic heterocycles. The number of aromatic nitrogens is 2. The van der Waals surface area contributed by atoms with E-state index < -0.39 is 0 Å². The third kappa shape index (κ3) is 2.82. The summed E-state index contributed by atoms with van der Waals surface area (Å²) in [4.78, 5) is 7.34. The lowest BCUT2D eigenvalue weighted by Crippen LogP contribution is -2.14. The zero-order valence-electron chi connectivity index (χ0n) is 18.5. The van der Waals surface area contributed by atoms with E-state index in [4.69, 9.17) is 11.6 Å². The predicted octanol–water partition coefficient (Wildman–Crippen LogP) is 8.36. The highest BCUT2D eigenvalue weighted by atomic mass is 35.5. The Kier molecular flexibility index (Phi) is 4.43. The van der Waals surface area contributed by atoms with Crippen LogP contribution in [0.3, 0.4) is 0 Å².